The number of benzene rings is 2. The van der Waals surface area contributed by atoms with Crippen molar-refractivity contribution in [1.82, 2.24) is 15.5 Å². The zero-order chi connectivity index (χ0) is 22.3. The number of amides is 1. The van der Waals surface area contributed by atoms with Crippen LogP contribution >= 0.6 is 0 Å². The Labute approximate surface area is 192 Å². The molecule has 0 radical (unpaired) electrons. The second-order valence-electron chi connectivity index (χ2n) is 10.8. The number of hydrogen-bond acceptors (Lipinski definition) is 3. The lowest BCUT2D eigenvalue weighted by atomic mass is 9.58. The Bertz CT molecular complexity index is 941. The van der Waals surface area contributed by atoms with Gasteiger partial charge in [-0.2, -0.15) is 0 Å². The lowest BCUT2D eigenvalue weighted by Gasteiger charge is -2.56. The lowest BCUT2D eigenvalue weighted by Crippen LogP contribution is -2.76. The maximum atomic E-state index is 13.9. The molecule has 32 heavy (non-hydrogen) atoms. The summed E-state index contributed by atoms with van der Waals surface area (Å²) in [5, 5.41) is 7.14. The molecule has 0 unspecified atom stereocenters. The minimum Gasteiger partial charge on any atom is -0.350 e. The first-order valence-corrected chi connectivity index (χ1v) is 12.3. The summed E-state index contributed by atoms with van der Waals surface area (Å²) < 4.78 is 0. The van der Waals surface area contributed by atoms with Crippen LogP contribution in [0.4, 0.5) is 0 Å². The van der Waals surface area contributed by atoms with Crippen molar-refractivity contribution in [3.05, 3.63) is 71.3 Å². The number of carbonyl (C=O) groups is 1. The van der Waals surface area contributed by atoms with E-state index in [9.17, 15) is 4.79 Å². The molecular weight excluding hydrogens is 394 g/mol. The van der Waals surface area contributed by atoms with Gasteiger partial charge < -0.3 is 10.6 Å². The highest BCUT2D eigenvalue weighted by Gasteiger charge is 2.67. The van der Waals surface area contributed by atoms with E-state index in [4.69, 9.17) is 0 Å². The van der Waals surface area contributed by atoms with E-state index < -0.39 is 5.54 Å². The van der Waals surface area contributed by atoms with Crippen LogP contribution < -0.4 is 10.6 Å². The molecule has 2 aromatic rings. The van der Waals surface area contributed by atoms with Gasteiger partial charge in [-0.05, 0) is 55.2 Å². The Hall–Kier alpha value is -2.17. The highest BCUT2D eigenvalue weighted by molar-refractivity contribution is 5.89. The summed E-state index contributed by atoms with van der Waals surface area (Å²) in [6, 6.07) is 19.6. The summed E-state index contributed by atoms with van der Waals surface area (Å²) >= 11 is 0. The Morgan fingerprint density at radius 1 is 1.12 bits per heavy atom. The maximum absolute atomic E-state index is 13.9. The third-order valence-corrected chi connectivity index (χ3v) is 8.08. The van der Waals surface area contributed by atoms with Crippen molar-refractivity contribution in [2.45, 2.75) is 51.7 Å². The van der Waals surface area contributed by atoms with Crippen LogP contribution in [0.2, 0.25) is 0 Å². The van der Waals surface area contributed by atoms with Crippen LogP contribution in [0.15, 0.2) is 54.6 Å². The Kier molecular flexibility index (Phi) is 5.85. The summed E-state index contributed by atoms with van der Waals surface area (Å²) in [5.41, 5.74) is 3.34. The third-order valence-electron chi connectivity index (χ3n) is 8.08. The van der Waals surface area contributed by atoms with Gasteiger partial charge in [0.2, 0.25) is 5.91 Å². The Balaban J connectivity index is 1.42. The number of nitrogens with zero attached hydrogens (tertiary/aromatic N) is 1. The van der Waals surface area contributed by atoms with Gasteiger partial charge >= 0.3 is 0 Å². The van der Waals surface area contributed by atoms with Gasteiger partial charge in [-0.3, -0.25) is 9.69 Å². The molecule has 3 heterocycles. The van der Waals surface area contributed by atoms with Gasteiger partial charge in [0.05, 0.1) is 0 Å². The van der Waals surface area contributed by atoms with Crippen molar-refractivity contribution in [1.29, 1.82) is 0 Å². The minimum atomic E-state index is -0.464. The van der Waals surface area contributed by atoms with E-state index >= 15 is 0 Å². The van der Waals surface area contributed by atoms with Gasteiger partial charge in [-0.25, -0.2) is 0 Å². The van der Waals surface area contributed by atoms with Gasteiger partial charge in [0.1, 0.15) is 5.54 Å². The summed E-state index contributed by atoms with van der Waals surface area (Å²) in [6.07, 6.45) is 2.22. The first-order chi connectivity index (χ1) is 15.5. The predicted molar refractivity (Wildman–Crippen MR) is 129 cm³/mol. The number of fused-ring (bicyclic) bond motifs is 1. The number of aryl methyl sites for hydroxylation is 1. The third kappa shape index (κ3) is 3.78. The molecule has 3 saturated heterocycles. The molecule has 2 aromatic carbocycles. The summed E-state index contributed by atoms with van der Waals surface area (Å²) in [5.74, 6) is 2.36. The highest BCUT2D eigenvalue weighted by Crippen LogP contribution is 2.53. The van der Waals surface area contributed by atoms with E-state index in [0.717, 1.165) is 38.0 Å². The second-order valence-corrected chi connectivity index (χ2v) is 10.8. The predicted octanol–water partition coefficient (Wildman–Crippen LogP) is 3.79. The van der Waals surface area contributed by atoms with Crippen LogP contribution in [-0.4, -0.2) is 42.0 Å². The molecule has 0 aromatic heterocycles. The van der Waals surface area contributed by atoms with E-state index in [1.165, 1.54) is 11.1 Å². The molecule has 4 fully saturated rings. The molecular formula is C28H37N3O. The Morgan fingerprint density at radius 3 is 2.59 bits per heavy atom. The summed E-state index contributed by atoms with van der Waals surface area (Å²) in [6.45, 7) is 10.3. The summed E-state index contributed by atoms with van der Waals surface area (Å²) in [7, 11) is 0. The lowest BCUT2D eigenvalue weighted by molar-refractivity contribution is -0.138. The van der Waals surface area contributed by atoms with Gasteiger partial charge in [-0.1, -0.05) is 74.0 Å². The van der Waals surface area contributed by atoms with Gasteiger partial charge in [0.25, 0.3) is 0 Å². The standard InChI is InChI=1S/C28H37N3O/c1-19(2)17-31-18-24-14-23-16-30-28(24,26(31)25(23)13-21-7-5-4-6-8-21)27(32)29-15-22-11-9-20(3)10-12-22/h4-12,19,23-26,30H,13-18H2,1-3H3,(H,29,32)/t23-,24-,25+,26-,28-/m0/s1. The van der Waals surface area contributed by atoms with E-state index in [2.05, 4.69) is 90.9 Å². The molecule has 4 aliphatic rings. The molecule has 2 N–H and O–H groups in total. The van der Waals surface area contributed by atoms with E-state index in [1.54, 1.807) is 0 Å². The van der Waals surface area contributed by atoms with E-state index in [-0.39, 0.29) is 11.9 Å². The topological polar surface area (TPSA) is 44.4 Å². The fourth-order valence-corrected chi connectivity index (χ4v) is 6.78. The smallest absolute Gasteiger partial charge is 0.242 e. The molecule has 1 amide bonds. The van der Waals surface area contributed by atoms with Crippen molar-refractivity contribution in [2.24, 2.45) is 23.7 Å². The van der Waals surface area contributed by atoms with Gasteiger partial charge in [-0.15, -0.1) is 0 Å². The van der Waals surface area contributed by atoms with Gasteiger partial charge in [0.15, 0.2) is 0 Å². The fourth-order valence-electron chi connectivity index (χ4n) is 6.78. The van der Waals surface area contributed by atoms with Crippen LogP contribution in [0, 0.1) is 30.6 Å². The van der Waals surface area contributed by atoms with E-state index in [0.29, 0.717) is 30.2 Å². The molecule has 1 saturated carbocycles. The number of rotatable bonds is 7. The molecule has 0 spiro atoms. The fraction of sp³-hybridized carbons (Fsp3) is 0.536. The quantitative estimate of drug-likeness (QED) is 0.701. The molecule has 170 valence electrons. The number of nitrogens with one attached hydrogen (secondary N) is 2. The van der Waals surface area contributed by atoms with Crippen molar-refractivity contribution < 1.29 is 4.79 Å². The average Bonchev–Trinajstić information content (AvgIpc) is 3.04. The first kappa shape index (κ1) is 21.7. The number of carbonyl (C=O) groups excluding carboxylic acids is 1. The highest BCUT2D eigenvalue weighted by atomic mass is 16.2. The zero-order valence-corrected chi connectivity index (χ0v) is 19.7. The van der Waals surface area contributed by atoms with Crippen LogP contribution in [0.25, 0.3) is 0 Å². The van der Waals surface area contributed by atoms with Crippen molar-refractivity contribution >= 4 is 5.91 Å². The molecule has 5 atom stereocenters. The van der Waals surface area contributed by atoms with Crippen LogP contribution in [0.3, 0.4) is 0 Å². The van der Waals surface area contributed by atoms with Crippen LogP contribution in [-0.2, 0) is 17.8 Å². The monoisotopic (exact) mass is 431 g/mol. The minimum absolute atomic E-state index is 0.204. The average molecular weight is 432 g/mol. The SMILES string of the molecule is Cc1ccc(CNC(=O)[C@]23NC[C@@H]4C[C@H]2CN(CC(C)C)[C@H]3[C@@H]4Cc2ccccc2)cc1. The molecule has 4 heteroatoms. The summed E-state index contributed by atoms with van der Waals surface area (Å²) in [4.78, 5) is 16.6. The second kappa shape index (κ2) is 8.64. The number of likely N-dealkylation sites (tertiary alicyclic amines) is 1. The van der Waals surface area contributed by atoms with Crippen LogP contribution in [0.5, 0.6) is 0 Å². The Morgan fingerprint density at radius 2 is 1.88 bits per heavy atom. The molecule has 6 rings (SSSR count). The molecule has 4 bridgehead atoms. The van der Waals surface area contributed by atoms with Crippen molar-refractivity contribution in [3.8, 4) is 0 Å². The van der Waals surface area contributed by atoms with Crippen molar-refractivity contribution in [2.75, 3.05) is 19.6 Å². The zero-order valence-electron chi connectivity index (χ0n) is 19.7. The van der Waals surface area contributed by atoms with Gasteiger partial charge in [0, 0.05) is 31.6 Å². The largest absolute Gasteiger partial charge is 0.350 e. The molecule has 1 aliphatic carbocycles. The first-order valence-electron chi connectivity index (χ1n) is 12.3. The number of piperidine rings is 2. The number of hydrogen-bond donors (Lipinski definition) is 2. The normalized spacial score (nSPS) is 31.2. The van der Waals surface area contributed by atoms with Crippen LogP contribution in [0.1, 0.15) is 37.0 Å². The molecule has 4 nitrogen and oxygen atoms in total. The maximum Gasteiger partial charge on any atom is 0.242 e. The van der Waals surface area contributed by atoms with E-state index in [1.807, 2.05) is 0 Å². The van der Waals surface area contributed by atoms with Crippen molar-refractivity contribution in [3.63, 3.8) is 0 Å². The molecule has 3 aliphatic heterocycles.